The van der Waals surface area contributed by atoms with Crippen LogP contribution >= 0.6 is 7.82 Å². The molecule has 0 saturated heterocycles. The molecule has 0 aliphatic rings. The highest BCUT2D eigenvalue weighted by Gasteiger charge is 2.27. The molecule has 0 aromatic heterocycles. The fraction of sp³-hybridized carbons (Fsp3) is 0.740. The molecule has 3 unspecified atom stereocenters. The zero-order chi connectivity index (χ0) is 43.6. The summed E-state index contributed by atoms with van der Waals surface area (Å²) < 4.78 is 23.6. The van der Waals surface area contributed by atoms with Gasteiger partial charge in [-0.2, -0.15) is 0 Å². The Labute approximate surface area is 364 Å². The zero-order valence-corrected chi connectivity index (χ0v) is 39.6. The molecule has 9 heteroatoms. The lowest BCUT2D eigenvalue weighted by Gasteiger charge is -2.25. The molecule has 3 N–H and O–H groups in total. The van der Waals surface area contributed by atoms with Gasteiger partial charge in [0, 0.05) is 6.42 Å². The van der Waals surface area contributed by atoms with E-state index in [2.05, 4.69) is 79.9 Å². The SMILES string of the molecule is CC/C=C\C/C=C\C/C=C\C/C=C\C/C=C\CCCCCCCCCC(=O)NC(COP(=O)(O)OCC[N+](C)(C)C)C(O)/C=C/CCCCCCCCCCCCCC. The molecule has 8 nitrogen and oxygen atoms in total. The Bertz CT molecular complexity index is 1190. The largest absolute Gasteiger partial charge is 0.472 e. The van der Waals surface area contributed by atoms with Gasteiger partial charge in [0.25, 0.3) is 0 Å². The van der Waals surface area contributed by atoms with E-state index in [-0.39, 0.29) is 19.1 Å². The number of allylic oxidation sites excluding steroid dienone is 11. The second kappa shape index (κ2) is 41.3. The Balaban J connectivity index is 4.37. The van der Waals surface area contributed by atoms with E-state index in [1.807, 2.05) is 27.2 Å². The van der Waals surface area contributed by atoms with Gasteiger partial charge in [0.15, 0.2) is 0 Å². The maximum absolute atomic E-state index is 12.9. The first-order valence-corrected chi connectivity index (χ1v) is 25.3. The van der Waals surface area contributed by atoms with Crippen LogP contribution in [-0.4, -0.2) is 73.4 Å². The molecular weight excluding hydrogens is 756 g/mol. The maximum atomic E-state index is 12.9. The summed E-state index contributed by atoms with van der Waals surface area (Å²) in [6, 6.07) is -0.855. The van der Waals surface area contributed by atoms with Gasteiger partial charge >= 0.3 is 7.82 Å². The first-order valence-electron chi connectivity index (χ1n) is 23.8. The predicted molar refractivity (Wildman–Crippen MR) is 253 cm³/mol. The Morgan fingerprint density at radius 3 is 1.49 bits per heavy atom. The minimum atomic E-state index is -4.35. The van der Waals surface area contributed by atoms with Crippen molar-refractivity contribution in [1.29, 1.82) is 0 Å². The van der Waals surface area contributed by atoms with Crippen molar-refractivity contribution in [3.8, 4) is 0 Å². The molecule has 1 amide bonds. The number of aliphatic hydroxyl groups excluding tert-OH is 1. The summed E-state index contributed by atoms with van der Waals surface area (Å²) in [5.74, 6) is -0.192. The van der Waals surface area contributed by atoms with Gasteiger partial charge in [-0.1, -0.05) is 189 Å². The Kier molecular flexibility index (Phi) is 39.9. The van der Waals surface area contributed by atoms with E-state index in [1.165, 1.54) is 83.5 Å². The van der Waals surface area contributed by atoms with Crippen LogP contribution in [0.1, 0.15) is 187 Å². The molecule has 0 fully saturated rings. The number of nitrogens with one attached hydrogen (secondary N) is 1. The lowest BCUT2D eigenvalue weighted by molar-refractivity contribution is -0.870. The minimum absolute atomic E-state index is 0.0557. The molecule has 0 bridgehead atoms. The number of amides is 1. The summed E-state index contributed by atoms with van der Waals surface area (Å²) in [6.07, 6.45) is 55.4. The Hall–Kier alpha value is -2.06. The second-order valence-electron chi connectivity index (χ2n) is 17.1. The van der Waals surface area contributed by atoms with E-state index < -0.39 is 20.0 Å². The molecule has 0 radical (unpaired) electrons. The van der Waals surface area contributed by atoms with Crippen molar-refractivity contribution in [1.82, 2.24) is 5.32 Å². The molecule has 0 aliphatic carbocycles. The molecule has 59 heavy (non-hydrogen) atoms. The van der Waals surface area contributed by atoms with Crippen LogP contribution in [0.4, 0.5) is 0 Å². The van der Waals surface area contributed by atoms with E-state index in [0.717, 1.165) is 83.5 Å². The van der Waals surface area contributed by atoms with Gasteiger partial charge in [0.1, 0.15) is 13.2 Å². The molecule has 0 aliphatic heterocycles. The topological polar surface area (TPSA) is 105 Å². The number of unbranched alkanes of at least 4 members (excludes halogenated alkanes) is 19. The van der Waals surface area contributed by atoms with Crippen LogP contribution in [0.25, 0.3) is 0 Å². The van der Waals surface area contributed by atoms with Gasteiger partial charge in [0.05, 0.1) is 39.9 Å². The lowest BCUT2D eigenvalue weighted by Crippen LogP contribution is -2.45. The van der Waals surface area contributed by atoms with E-state index in [9.17, 15) is 19.4 Å². The number of rotatable bonds is 42. The van der Waals surface area contributed by atoms with Crippen LogP contribution in [0.5, 0.6) is 0 Å². The molecule has 0 aromatic rings. The number of quaternary nitrogens is 1. The van der Waals surface area contributed by atoms with Crippen molar-refractivity contribution in [2.24, 2.45) is 0 Å². The van der Waals surface area contributed by atoms with Gasteiger partial charge in [-0.3, -0.25) is 13.8 Å². The van der Waals surface area contributed by atoms with Crippen molar-refractivity contribution in [3.63, 3.8) is 0 Å². The fourth-order valence-electron chi connectivity index (χ4n) is 6.42. The third-order valence-electron chi connectivity index (χ3n) is 10.2. The summed E-state index contributed by atoms with van der Waals surface area (Å²) in [7, 11) is 1.55. The molecule has 342 valence electrons. The smallest absolute Gasteiger partial charge is 0.387 e. The normalized spacial score (nSPS) is 14.9. The summed E-state index contributed by atoms with van der Waals surface area (Å²) in [5.41, 5.74) is 0. The standard InChI is InChI=1S/C50H91N2O6P/c1-6-8-10-12-14-16-18-20-22-23-24-25-26-27-28-29-30-32-34-36-38-40-42-44-50(54)51-48(47-58-59(55,56)57-46-45-52(3,4)5)49(53)43-41-39-37-35-33-31-21-19-17-15-13-11-9-7-2/h8,10,14,16,20,22,24-25,27-28,41,43,48-49,53H,6-7,9,11-13,15,17-19,21,23,26,29-40,42,44-47H2,1-5H3,(H-,51,54,55,56)/p+1/b10-8-,16-14-,22-20-,25-24-,28-27-,43-41+. The number of hydrogen-bond donors (Lipinski definition) is 3. The minimum Gasteiger partial charge on any atom is -0.387 e. The van der Waals surface area contributed by atoms with E-state index in [4.69, 9.17) is 9.05 Å². The summed E-state index contributed by atoms with van der Waals surface area (Å²) in [6.45, 7) is 4.68. The molecule has 0 spiro atoms. The average molecular weight is 848 g/mol. The van der Waals surface area contributed by atoms with Crippen LogP contribution < -0.4 is 5.32 Å². The zero-order valence-electron chi connectivity index (χ0n) is 38.7. The van der Waals surface area contributed by atoms with E-state index >= 15 is 0 Å². The van der Waals surface area contributed by atoms with Crippen LogP contribution in [-0.2, 0) is 18.4 Å². The first-order chi connectivity index (χ1) is 28.5. The van der Waals surface area contributed by atoms with Gasteiger partial charge in [-0.15, -0.1) is 0 Å². The van der Waals surface area contributed by atoms with Crippen LogP contribution in [0.15, 0.2) is 72.9 Å². The molecule has 3 atom stereocenters. The van der Waals surface area contributed by atoms with E-state index in [0.29, 0.717) is 17.4 Å². The van der Waals surface area contributed by atoms with Crippen LogP contribution in [0, 0.1) is 0 Å². The number of phosphoric ester groups is 1. The molecule has 0 aromatic carbocycles. The van der Waals surface area contributed by atoms with Crippen molar-refractivity contribution in [3.05, 3.63) is 72.9 Å². The van der Waals surface area contributed by atoms with Crippen LogP contribution in [0.3, 0.4) is 0 Å². The highest BCUT2D eigenvalue weighted by Crippen LogP contribution is 2.43. The number of phosphoric acid groups is 1. The van der Waals surface area contributed by atoms with Gasteiger partial charge in [-0.25, -0.2) is 4.57 Å². The second-order valence-corrected chi connectivity index (χ2v) is 18.6. The highest BCUT2D eigenvalue weighted by molar-refractivity contribution is 7.47. The first kappa shape index (κ1) is 56.9. The molecular formula is C50H92N2O6P+. The van der Waals surface area contributed by atoms with Crippen molar-refractivity contribution < 1.29 is 32.9 Å². The third kappa shape index (κ3) is 43.8. The number of aliphatic hydroxyl groups is 1. The van der Waals surface area contributed by atoms with E-state index in [1.54, 1.807) is 6.08 Å². The summed E-state index contributed by atoms with van der Waals surface area (Å²) in [5, 5.41) is 13.8. The third-order valence-corrected chi connectivity index (χ3v) is 11.2. The van der Waals surface area contributed by atoms with Gasteiger partial charge in [0.2, 0.25) is 5.91 Å². The Morgan fingerprint density at radius 1 is 0.593 bits per heavy atom. The lowest BCUT2D eigenvalue weighted by atomic mass is 10.0. The van der Waals surface area contributed by atoms with Gasteiger partial charge in [-0.05, 0) is 64.2 Å². The van der Waals surface area contributed by atoms with Crippen molar-refractivity contribution in [2.45, 2.75) is 199 Å². The van der Waals surface area contributed by atoms with Crippen molar-refractivity contribution in [2.75, 3.05) is 40.9 Å². The molecule has 0 rings (SSSR count). The quantitative estimate of drug-likeness (QED) is 0.0245. The average Bonchev–Trinajstić information content (AvgIpc) is 3.19. The summed E-state index contributed by atoms with van der Waals surface area (Å²) in [4.78, 5) is 23.2. The Morgan fingerprint density at radius 2 is 1.02 bits per heavy atom. The maximum Gasteiger partial charge on any atom is 0.472 e. The molecule has 0 heterocycles. The number of carbonyl (C=O) groups excluding carboxylic acids is 1. The monoisotopic (exact) mass is 848 g/mol. The van der Waals surface area contributed by atoms with Crippen molar-refractivity contribution >= 4 is 13.7 Å². The number of likely N-dealkylation sites (N-methyl/N-ethyl adjacent to an activating group) is 1. The number of carbonyl (C=O) groups is 1. The van der Waals surface area contributed by atoms with Crippen LogP contribution in [0.2, 0.25) is 0 Å². The highest BCUT2D eigenvalue weighted by atomic mass is 31.2. The number of nitrogens with zero attached hydrogens (tertiary/aromatic N) is 1. The molecule has 0 saturated carbocycles. The van der Waals surface area contributed by atoms with Gasteiger partial charge < -0.3 is 19.8 Å². The number of hydrogen-bond acceptors (Lipinski definition) is 5. The fourth-order valence-corrected chi connectivity index (χ4v) is 7.16. The summed E-state index contributed by atoms with van der Waals surface area (Å²) >= 11 is 0. The predicted octanol–water partition coefficient (Wildman–Crippen LogP) is 13.6.